The Labute approximate surface area is 190 Å². The van der Waals surface area contributed by atoms with Gasteiger partial charge in [-0.25, -0.2) is 8.42 Å². The number of carbonyl (C=O) groups is 1. The zero-order valence-corrected chi connectivity index (χ0v) is 19.2. The van der Waals surface area contributed by atoms with Gasteiger partial charge in [0.25, 0.3) is 5.91 Å². The SMILES string of the molecule is C=CCN(Cc1ccc(C(=O)Nc2ccc(C(C)C)cc2)cc1)S(=O)(=O)c1ccccc1. The lowest BCUT2D eigenvalue weighted by Gasteiger charge is -2.21. The lowest BCUT2D eigenvalue weighted by atomic mass is 10.0. The molecule has 0 saturated carbocycles. The van der Waals surface area contributed by atoms with Crippen LogP contribution in [0.1, 0.15) is 41.3 Å². The Kier molecular flexibility index (Phi) is 7.62. The van der Waals surface area contributed by atoms with Crippen molar-refractivity contribution in [3.63, 3.8) is 0 Å². The predicted octanol–water partition coefficient (Wildman–Crippen LogP) is 5.44. The Hall–Kier alpha value is -3.22. The molecule has 1 N–H and O–H groups in total. The summed E-state index contributed by atoms with van der Waals surface area (Å²) in [6.45, 7) is 8.29. The Morgan fingerprint density at radius 3 is 2.16 bits per heavy atom. The van der Waals surface area contributed by atoms with Crippen LogP contribution < -0.4 is 5.32 Å². The molecule has 6 heteroatoms. The first-order chi connectivity index (χ1) is 15.3. The number of sulfonamides is 1. The lowest BCUT2D eigenvalue weighted by molar-refractivity contribution is 0.102. The maximum atomic E-state index is 13.0. The van der Waals surface area contributed by atoms with Gasteiger partial charge in [-0.3, -0.25) is 4.79 Å². The topological polar surface area (TPSA) is 66.5 Å². The second-order valence-corrected chi connectivity index (χ2v) is 9.76. The third kappa shape index (κ3) is 5.72. The number of amides is 1. The van der Waals surface area contributed by atoms with Crippen LogP contribution in [-0.4, -0.2) is 25.2 Å². The highest BCUT2D eigenvalue weighted by Gasteiger charge is 2.23. The lowest BCUT2D eigenvalue weighted by Crippen LogP contribution is -2.30. The van der Waals surface area contributed by atoms with E-state index >= 15 is 0 Å². The quantitative estimate of drug-likeness (QED) is 0.443. The molecule has 0 aromatic heterocycles. The molecule has 0 aliphatic rings. The first-order valence-corrected chi connectivity index (χ1v) is 11.9. The summed E-state index contributed by atoms with van der Waals surface area (Å²) in [6, 6.07) is 23.1. The Morgan fingerprint density at radius 1 is 0.969 bits per heavy atom. The fourth-order valence-corrected chi connectivity index (χ4v) is 4.67. The van der Waals surface area contributed by atoms with E-state index in [2.05, 4.69) is 25.7 Å². The third-order valence-electron chi connectivity index (χ3n) is 5.12. The van der Waals surface area contributed by atoms with E-state index < -0.39 is 10.0 Å². The Morgan fingerprint density at radius 2 is 1.59 bits per heavy atom. The van der Waals surface area contributed by atoms with Crippen molar-refractivity contribution in [3.8, 4) is 0 Å². The summed E-state index contributed by atoms with van der Waals surface area (Å²) in [7, 11) is -3.66. The largest absolute Gasteiger partial charge is 0.322 e. The summed E-state index contributed by atoms with van der Waals surface area (Å²) >= 11 is 0. The van der Waals surface area contributed by atoms with E-state index in [0.29, 0.717) is 11.5 Å². The van der Waals surface area contributed by atoms with Gasteiger partial charge in [0.1, 0.15) is 0 Å². The molecule has 0 fully saturated rings. The molecule has 5 nitrogen and oxygen atoms in total. The molecule has 3 rings (SSSR count). The van der Waals surface area contributed by atoms with Crippen molar-refractivity contribution in [3.05, 3.63) is 108 Å². The number of anilines is 1. The van der Waals surface area contributed by atoms with Gasteiger partial charge in [0.05, 0.1) is 4.90 Å². The smallest absolute Gasteiger partial charge is 0.255 e. The van der Waals surface area contributed by atoms with Gasteiger partial charge >= 0.3 is 0 Å². The van der Waals surface area contributed by atoms with E-state index in [1.54, 1.807) is 60.7 Å². The molecule has 0 atom stereocenters. The summed E-state index contributed by atoms with van der Waals surface area (Å²) in [5, 5.41) is 2.89. The molecule has 166 valence electrons. The second-order valence-electron chi connectivity index (χ2n) is 7.83. The highest BCUT2D eigenvalue weighted by atomic mass is 32.2. The Balaban J connectivity index is 1.71. The van der Waals surface area contributed by atoms with Crippen LogP contribution in [0.3, 0.4) is 0 Å². The molecule has 0 radical (unpaired) electrons. The van der Waals surface area contributed by atoms with Gasteiger partial charge in [-0.1, -0.05) is 62.4 Å². The number of nitrogens with one attached hydrogen (secondary N) is 1. The van der Waals surface area contributed by atoms with Gasteiger partial charge in [-0.15, -0.1) is 6.58 Å². The van der Waals surface area contributed by atoms with Crippen molar-refractivity contribution in [2.75, 3.05) is 11.9 Å². The van der Waals surface area contributed by atoms with Crippen molar-refractivity contribution < 1.29 is 13.2 Å². The third-order valence-corrected chi connectivity index (χ3v) is 6.95. The van der Waals surface area contributed by atoms with Crippen LogP contribution >= 0.6 is 0 Å². The van der Waals surface area contributed by atoms with E-state index in [1.165, 1.54) is 9.87 Å². The van der Waals surface area contributed by atoms with Crippen LogP contribution in [0.4, 0.5) is 5.69 Å². The normalized spacial score (nSPS) is 11.5. The van der Waals surface area contributed by atoms with Gasteiger partial charge in [0.15, 0.2) is 0 Å². The van der Waals surface area contributed by atoms with Crippen molar-refractivity contribution >= 4 is 21.6 Å². The van der Waals surface area contributed by atoms with Crippen LogP contribution in [-0.2, 0) is 16.6 Å². The second kappa shape index (κ2) is 10.4. The van der Waals surface area contributed by atoms with E-state index in [1.807, 2.05) is 24.3 Å². The number of rotatable bonds is 9. The zero-order chi connectivity index (χ0) is 23.1. The van der Waals surface area contributed by atoms with Gasteiger partial charge in [0.2, 0.25) is 10.0 Å². The van der Waals surface area contributed by atoms with E-state index in [9.17, 15) is 13.2 Å². The van der Waals surface area contributed by atoms with Crippen LogP contribution in [0.15, 0.2) is 96.4 Å². The van der Waals surface area contributed by atoms with Gasteiger partial charge < -0.3 is 5.32 Å². The molecule has 0 heterocycles. The molecule has 0 bridgehead atoms. The standard InChI is InChI=1S/C26H28N2O3S/c1-4-18-28(32(30,31)25-8-6-5-7-9-25)19-21-10-12-23(13-11-21)26(29)27-24-16-14-22(15-17-24)20(2)3/h4-17,20H,1,18-19H2,2-3H3,(H,27,29). The molecule has 0 spiro atoms. The predicted molar refractivity (Wildman–Crippen MR) is 129 cm³/mol. The minimum absolute atomic E-state index is 0.182. The highest BCUT2D eigenvalue weighted by molar-refractivity contribution is 7.89. The fraction of sp³-hybridized carbons (Fsp3) is 0.192. The zero-order valence-electron chi connectivity index (χ0n) is 18.4. The molecule has 3 aromatic carbocycles. The summed E-state index contributed by atoms with van der Waals surface area (Å²) < 4.78 is 27.3. The van der Waals surface area contributed by atoms with Crippen molar-refractivity contribution in [1.29, 1.82) is 0 Å². The maximum Gasteiger partial charge on any atom is 0.255 e. The number of nitrogens with zero attached hydrogens (tertiary/aromatic N) is 1. The average molecular weight is 449 g/mol. The summed E-state index contributed by atoms with van der Waals surface area (Å²) in [4.78, 5) is 12.8. The average Bonchev–Trinajstić information content (AvgIpc) is 2.80. The molecule has 0 saturated heterocycles. The van der Waals surface area contributed by atoms with Gasteiger partial charge in [0, 0.05) is 24.3 Å². The molecular formula is C26H28N2O3S. The first kappa shape index (κ1) is 23.4. The molecule has 0 aliphatic carbocycles. The molecule has 3 aromatic rings. The van der Waals surface area contributed by atoms with Crippen molar-refractivity contribution in [2.24, 2.45) is 0 Å². The van der Waals surface area contributed by atoms with E-state index in [4.69, 9.17) is 0 Å². The molecular weight excluding hydrogens is 420 g/mol. The minimum atomic E-state index is -3.66. The molecule has 1 amide bonds. The Bertz CT molecular complexity index is 1150. The summed E-state index contributed by atoms with van der Waals surface area (Å²) in [6.07, 6.45) is 1.56. The van der Waals surface area contributed by atoms with Crippen LogP contribution in [0.2, 0.25) is 0 Å². The van der Waals surface area contributed by atoms with Gasteiger partial charge in [-0.2, -0.15) is 4.31 Å². The van der Waals surface area contributed by atoms with Gasteiger partial charge in [-0.05, 0) is 53.4 Å². The summed E-state index contributed by atoms with van der Waals surface area (Å²) in [5.41, 5.74) is 3.23. The molecule has 0 aliphatic heterocycles. The monoisotopic (exact) mass is 448 g/mol. The minimum Gasteiger partial charge on any atom is -0.322 e. The van der Waals surface area contributed by atoms with Crippen LogP contribution in [0.25, 0.3) is 0 Å². The summed E-state index contributed by atoms with van der Waals surface area (Å²) in [5.74, 6) is 0.215. The van der Waals surface area contributed by atoms with E-state index in [-0.39, 0.29) is 23.9 Å². The van der Waals surface area contributed by atoms with Crippen LogP contribution in [0, 0.1) is 0 Å². The van der Waals surface area contributed by atoms with Crippen molar-refractivity contribution in [2.45, 2.75) is 31.2 Å². The fourth-order valence-electron chi connectivity index (χ4n) is 3.25. The van der Waals surface area contributed by atoms with Crippen LogP contribution in [0.5, 0.6) is 0 Å². The highest BCUT2D eigenvalue weighted by Crippen LogP contribution is 2.20. The van der Waals surface area contributed by atoms with Crippen molar-refractivity contribution in [1.82, 2.24) is 4.31 Å². The first-order valence-electron chi connectivity index (χ1n) is 10.5. The number of hydrogen-bond acceptors (Lipinski definition) is 3. The van der Waals surface area contributed by atoms with E-state index in [0.717, 1.165) is 11.3 Å². The molecule has 0 unspecified atom stereocenters. The maximum absolute atomic E-state index is 13.0. The number of hydrogen-bond donors (Lipinski definition) is 1. The number of carbonyl (C=O) groups excluding carboxylic acids is 1. The number of benzene rings is 3. The molecule has 32 heavy (non-hydrogen) atoms.